The molecule has 1 atom stereocenters. The van der Waals surface area contributed by atoms with Crippen LogP contribution in [0, 0.1) is 11.8 Å². The summed E-state index contributed by atoms with van der Waals surface area (Å²) in [4.78, 5) is 16.0. The van der Waals surface area contributed by atoms with Crippen molar-refractivity contribution in [2.75, 3.05) is 19.8 Å². The first-order chi connectivity index (χ1) is 10.3. The van der Waals surface area contributed by atoms with Crippen molar-refractivity contribution in [2.45, 2.75) is 38.1 Å². The maximum Gasteiger partial charge on any atom is 0.264 e. The van der Waals surface area contributed by atoms with Crippen LogP contribution in [0.15, 0.2) is 12.1 Å². The standard InChI is InChI=1S/C16H21NO3S/c18-11-4-2-6-14-7-8-15(21-14)16(20)17-10-3-1-5-13(17)9-12-19/h7-8,13,18-19H,1,3-5,9-12H2. The predicted molar refractivity (Wildman–Crippen MR) is 83.3 cm³/mol. The minimum atomic E-state index is 0.0494. The Hall–Kier alpha value is -1.35. The molecular formula is C16H21NO3S. The number of thiophene rings is 1. The summed E-state index contributed by atoms with van der Waals surface area (Å²) in [6, 6.07) is 3.83. The van der Waals surface area contributed by atoms with Crippen LogP contribution in [-0.4, -0.2) is 46.8 Å². The van der Waals surface area contributed by atoms with Crippen LogP contribution in [0.4, 0.5) is 0 Å². The summed E-state index contributed by atoms with van der Waals surface area (Å²) < 4.78 is 0. The van der Waals surface area contributed by atoms with Gasteiger partial charge in [0.15, 0.2) is 0 Å². The van der Waals surface area contributed by atoms with Gasteiger partial charge in [0.05, 0.1) is 16.4 Å². The van der Waals surface area contributed by atoms with E-state index in [0.29, 0.717) is 17.7 Å². The van der Waals surface area contributed by atoms with Gasteiger partial charge >= 0.3 is 0 Å². The number of likely N-dealkylation sites (tertiary alicyclic amines) is 1. The third-order valence-electron chi connectivity index (χ3n) is 3.62. The number of nitrogens with zero attached hydrogens (tertiary/aromatic N) is 1. The summed E-state index contributed by atoms with van der Waals surface area (Å²) in [5, 5.41) is 17.8. The largest absolute Gasteiger partial charge is 0.396 e. The van der Waals surface area contributed by atoms with Crippen LogP contribution in [0.5, 0.6) is 0 Å². The molecule has 5 heteroatoms. The van der Waals surface area contributed by atoms with Gasteiger partial charge in [0.25, 0.3) is 5.91 Å². The van der Waals surface area contributed by atoms with Gasteiger partial charge in [0.1, 0.15) is 0 Å². The highest BCUT2D eigenvalue weighted by molar-refractivity contribution is 7.14. The molecule has 0 aromatic carbocycles. The zero-order chi connectivity index (χ0) is 15.1. The molecule has 1 aliphatic rings. The molecule has 21 heavy (non-hydrogen) atoms. The van der Waals surface area contributed by atoms with Crippen LogP contribution in [0.1, 0.15) is 46.7 Å². The molecule has 0 saturated carbocycles. The fourth-order valence-electron chi connectivity index (χ4n) is 2.58. The van der Waals surface area contributed by atoms with Gasteiger partial charge in [0.2, 0.25) is 0 Å². The number of hydrogen-bond acceptors (Lipinski definition) is 4. The van der Waals surface area contributed by atoms with Gasteiger partial charge in [-0.1, -0.05) is 11.8 Å². The van der Waals surface area contributed by atoms with E-state index in [2.05, 4.69) is 11.8 Å². The Morgan fingerprint density at radius 1 is 1.33 bits per heavy atom. The van der Waals surface area contributed by atoms with Gasteiger partial charge in [-0.3, -0.25) is 4.79 Å². The number of aliphatic hydroxyl groups excluding tert-OH is 2. The predicted octanol–water partition coefficient (Wildman–Crippen LogP) is 1.86. The summed E-state index contributed by atoms with van der Waals surface area (Å²) in [5.74, 6) is 5.87. The van der Waals surface area contributed by atoms with Gasteiger partial charge in [-0.2, -0.15) is 0 Å². The maximum absolute atomic E-state index is 12.6. The number of carbonyl (C=O) groups is 1. The van der Waals surface area contributed by atoms with Gasteiger partial charge < -0.3 is 15.1 Å². The first kappa shape index (κ1) is 16.0. The Morgan fingerprint density at radius 2 is 2.19 bits per heavy atom. The van der Waals surface area contributed by atoms with Crippen molar-refractivity contribution in [3.05, 3.63) is 21.9 Å². The van der Waals surface area contributed by atoms with Gasteiger partial charge in [-0.15, -0.1) is 11.3 Å². The zero-order valence-corrected chi connectivity index (χ0v) is 12.9. The Labute approximate surface area is 129 Å². The van der Waals surface area contributed by atoms with Gasteiger partial charge in [-0.05, 0) is 37.8 Å². The van der Waals surface area contributed by atoms with E-state index in [-0.39, 0.29) is 25.2 Å². The molecule has 0 bridgehead atoms. The van der Waals surface area contributed by atoms with E-state index >= 15 is 0 Å². The summed E-state index contributed by atoms with van der Waals surface area (Å²) in [6.45, 7) is 0.949. The number of amides is 1. The third-order valence-corrected chi connectivity index (χ3v) is 4.60. The van der Waals surface area contributed by atoms with Crippen LogP contribution in [-0.2, 0) is 0 Å². The molecule has 1 fully saturated rings. The lowest BCUT2D eigenvalue weighted by Gasteiger charge is -2.35. The van der Waals surface area contributed by atoms with Crippen molar-refractivity contribution < 1.29 is 15.0 Å². The molecule has 2 rings (SSSR count). The Morgan fingerprint density at radius 3 is 2.95 bits per heavy atom. The molecule has 1 saturated heterocycles. The van der Waals surface area contributed by atoms with Crippen LogP contribution in [0.3, 0.4) is 0 Å². The van der Waals surface area contributed by atoms with E-state index < -0.39 is 0 Å². The average Bonchev–Trinajstić information content (AvgIpc) is 2.97. The Balaban J connectivity index is 2.06. The summed E-state index contributed by atoms with van der Waals surface area (Å²) >= 11 is 1.40. The van der Waals surface area contributed by atoms with Crippen LogP contribution in [0.2, 0.25) is 0 Å². The lowest BCUT2D eigenvalue weighted by atomic mass is 9.99. The van der Waals surface area contributed by atoms with Crippen LogP contribution >= 0.6 is 11.3 Å². The second-order valence-electron chi connectivity index (χ2n) is 5.10. The smallest absolute Gasteiger partial charge is 0.264 e. The number of rotatable bonds is 4. The molecule has 1 aromatic rings. The molecule has 0 radical (unpaired) electrons. The normalized spacial score (nSPS) is 18.2. The fraction of sp³-hybridized carbons (Fsp3) is 0.562. The highest BCUT2D eigenvalue weighted by atomic mass is 32.1. The van der Waals surface area contributed by atoms with E-state index in [9.17, 15) is 4.79 Å². The molecule has 2 heterocycles. The van der Waals surface area contributed by atoms with Crippen LogP contribution < -0.4 is 0 Å². The second-order valence-corrected chi connectivity index (χ2v) is 6.18. The lowest BCUT2D eigenvalue weighted by Crippen LogP contribution is -2.43. The molecule has 1 amide bonds. The monoisotopic (exact) mass is 307 g/mol. The molecule has 4 nitrogen and oxygen atoms in total. The molecule has 0 spiro atoms. The van der Waals surface area contributed by atoms with E-state index in [0.717, 1.165) is 30.7 Å². The molecule has 1 aromatic heterocycles. The minimum Gasteiger partial charge on any atom is -0.396 e. The molecule has 2 N–H and O–H groups in total. The molecule has 114 valence electrons. The topological polar surface area (TPSA) is 60.8 Å². The molecule has 1 aliphatic heterocycles. The van der Waals surface area contributed by atoms with E-state index in [4.69, 9.17) is 10.2 Å². The highest BCUT2D eigenvalue weighted by Crippen LogP contribution is 2.24. The van der Waals surface area contributed by atoms with Crippen LogP contribution in [0.25, 0.3) is 0 Å². The Bertz CT molecular complexity index is 527. The fourth-order valence-corrected chi connectivity index (χ4v) is 3.42. The first-order valence-electron chi connectivity index (χ1n) is 7.37. The summed E-state index contributed by atoms with van der Waals surface area (Å²) in [7, 11) is 0. The highest BCUT2D eigenvalue weighted by Gasteiger charge is 2.27. The molecule has 1 unspecified atom stereocenters. The Kier molecular flexibility index (Phi) is 6.24. The van der Waals surface area contributed by atoms with Crippen molar-refractivity contribution >= 4 is 17.2 Å². The first-order valence-corrected chi connectivity index (χ1v) is 8.19. The zero-order valence-electron chi connectivity index (χ0n) is 12.0. The van der Waals surface area contributed by atoms with Gasteiger partial charge in [-0.25, -0.2) is 0 Å². The quantitative estimate of drug-likeness (QED) is 0.835. The molecule has 0 aliphatic carbocycles. The van der Waals surface area contributed by atoms with Crippen molar-refractivity contribution in [3.8, 4) is 11.8 Å². The number of piperidine rings is 1. The lowest BCUT2D eigenvalue weighted by molar-refractivity contribution is 0.0579. The van der Waals surface area contributed by atoms with E-state index in [1.165, 1.54) is 11.3 Å². The second kappa shape index (κ2) is 8.18. The summed E-state index contributed by atoms with van der Waals surface area (Å²) in [6.07, 6.45) is 4.23. The van der Waals surface area contributed by atoms with E-state index in [1.807, 2.05) is 17.0 Å². The van der Waals surface area contributed by atoms with Crippen molar-refractivity contribution in [2.24, 2.45) is 0 Å². The third kappa shape index (κ3) is 4.31. The number of hydrogen-bond donors (Lipinski definition) is 2. The van der Waals surface area contributed by atoms with Gasteiger partial charge in [0, 0.05) is 25.6 Å². The molecular weight excluding hydrogens is 286 g/mol. The minimum absolute atomic E-state index is 0.0494. The van der Waals surface area contributed by atoms with E-state index in [1.54, 1.807) is 0 Å². The SMILES string of the molecule is O=C(c1ccc(C#CCCO)s1)N1CCCCC1CCO. The van der Waals surface area contributed by atoms with Crippen molar-refractivity contribution in [3.63, 3.8) is 0 Å². The average molecular weight is 307 g/mol. The number of carbonyl (C=O) groups excluding carboxylic acids is 1. The van der Waals surface area contributed by atoms with Crippen molar-refractivity contribution in [1.82, 2.24) is 4.90 Å². The maximum atomic E-state index is 12.6. The number of aliphatic hydroxyl groups is 2. The van der Waals surface area contributed by atoms with Crippen molar-refractivity contribution in [1.29, 1.82) is 0 Å². The summed E-state index contributed by atoms with van der Waals surface area (Å²) in [5.41, 5.74) is 0.